The average molecular weight is 598 g/mol. The van der Waals surface area contributed by atoms with Crippen LogP contribution in [0.1, 0.15) is 34.6 Å². The number of hydrogen-bond acceptors (Lipinski definition) is 5. The maximum atomic E-state index is 5.06. The summed E-state index contributed by atoms with van der Waals surface area (Å²) in [7, 11) is 2.06. The fourth-order valence-electron chi connectivity index (χ4n) is 6.52. The van der Waals surface area contributed by atoms with Crippen LogP contribution < -0.4 is 16.1 Å². The lowest BCUT2D eigenvalue weighted by Crippen LogP contribution is -2.44. The van der Waals surface area contributed by atoms with Gasteiger partial charge in [0.25, 0.3) is 0 Å². The first-order valence-electron chi connectivity index (χ1n) is 15.8. The molecule has 46 heavy (non-hydrogen) atoms. The predicted molar refractivity (Wildman–Crippen MR) is 190 cm³/mol. The lowest BCUT2D eigenvalue weighted by atomic mass is 9.89. The molecule has 3 N–H and O–H groups in total. The minimum atomic E-state index is -0.161. The molecule has 2 unspecified atom stereocenters. The molecule has 0 spiro atoms. The number of nitrogens with zero attached hydrogens (tertiary/aromatic N) is 2. The molecule has 224 valence electrons. The first-order chi connectivity index (χ1) is 22.7. The highest BCUT2D eigenvalue weighted by atomic mass is 15.5. The molecule has 0 saturated heterocycles. The second kappa shape index (κ2) is 12.1. The fourth-order valence-corrected chi connectivity index (χ4v) is 6.52. The number of fused-ring (bicyclic) bond motifs is 1. The molecule has 5 heteroatoms. The molecule has 6 aromatic carbocycles. The van der Waals surface area contributed by atoms with Crippen molar-refractivity contribution in [3.8, 4) is 22.3 Å². The van der Waals surface area contributed by atoms with E-state index in [0.29, 0.717) is 0 Å². The van der Waals surface area contributed by atoms with Crippen LogP contribution in [0.3, 0.4) is 0 Å². The third kappa shape index (κ3) is 5.47. The molecular formula is C41H35N5. The second-order valence-corrected chi connectivity index (χ2v) is 12.0. The summed E-state index contributed by atoms with van der Waals surface area (Å²) in [5, 5.41) is 12.0. The third-order valence-electron chi connectivity index (χ3n) is 8.92. The van der Waals surface area contributed by atoms with Crippen molar-refractivity contribution in [3.63, 3.8) is 0 Å². The summed E-state index contributed by atoms with van der Waals surface area (Å²) >= 11 is 0. The topological polar surface area (TPSA) is 51.7 Å². The zero-order valence-corrected chi connectivity index (χ0v) is 25.7. The fraction of sp³-hybridized carbons (Fsp3) is 0.0976. The number of amidine groups is 1. The third-order valence-corrected chi connectivity index (χ3v) is 8.92. The Morgan fingerprint density at radius 3 is 2.02 bits per heavy atom. The Balaban J connectivity index is 1.15. The van der Waals surface area contributed by atoms with Gasteiger partial charge in [-0.15, -0.1) is 0 Å². The van der Waals surface area contributed by atoms with Crippen molar-refractivity contribution in [1.82, 2.24) is 21.1 Å². The zero-order valence-electron chi connectivity index (χ0n) is 25.7. The number of rotatable bonds is 6. The van der Waals surface area contributed by atoms with Gasteiger partial charge in [-0.1, -0.05) is 146 Å². The smallest absolute Gasteiger partial charge is 0.131 e. The van der Waals surface area contributed by atoms with Gasteiger partial charge in [0.2, 0.25) is 0 Å². The van der Waals surface area contributed by atoms with E-state index in [1.54, 1.807) is 0 Å². The normalized spacial score (nSPS) is 18.0. The van der Waals surface area contributed by atoms with Crippen LogP contribution in [0.15, 0.2) is 157 Å². The van der Waals surface area contributed by atoms with Gasteiger partial charge in [0.15, 0.2) is 0 Å². The van der Waals surface area contributed by atoms with Crippen molar-refractivity contribution in [1.29, 1.82) is 0 Å². The Bertz CT molecular complexity index is 2050. The minimum Gasteiger partial charge on any atom is -0.350 e. The molecule has 0 bridgehead atoms. The predicted octanol–water partition coefficient (Wildman–Crippen LogP) is 8.30. The van der Waals surface area contributed by atoms with Crippen LogP contribution >= 0.6 is 0 Å². The minimum absolute atomic E-state index is 0.107. The summed E-state index contributed by atoms with van der Waals surface area (Å²) in [4.78, 5) is 5.06. The number of aliphatic imine (C=N–C) groups is 1. The van der Waals surface area contributed by atoms with Crippen molar-refractivity contribution in [2.45, 2.75) is 12.3 Å². The molecule has 0 aliphatic carbocycles. The highest BCUT2D eigenvalue weighted by Crippen LogP contribution is 2.39. The van der Waals surface area contributed by atoms with E-state index in [1.165, 1.54) is 44.2 Å². The van der Waals surface area contributed by atoms with Crippen molar-refractivity contribution in [3.05, 3.63) is 174 Å². The van der Waals surface area contributed by atoms with E-state index in [0.717, 1.165) is 29.1 Å². The number of benzene rings is 6. The van der Waals surface area contributed by atoms with Crippen LogP contribution in [-0.2, 0) is 0 Å². The lowest BCUT2D eigenvalue weighted by molar-refractivity contribution is 0.334. The number of nitrogens with one attached hydrogen (secondary N) is 3. The Hall–Kier alpha value is -5.49. The van der Waals surface area contributed by atoms with Gasteiger partial charge >= 0.3 is 0 Å². The van der Waals surface area contributed by atoms with Crippen molar-refractivity contribution in [2.75, 3.05) is 13.6 Å². The van der Waals surface area contributed by atoms with Gasteiger partial charge in [-0.25, -0.2) is 10.0 Å². The average Bonchev–Trinajstić information content (AvgIpc) is 3.58. The molecule has 0 aromatic heterocycles. The van der Waals surface area contributed by atoms with E-state index in [9.17, 15) is 0 Å². The van der Waals surface area contributed by atoms with Gasteiger partial charge in [0.05, 0.1) is 0 Å². The van der Waals surface area contributed by atoms with E-state index >= 15 is 0 Å². The summed E-state index contributed by atoms with van der Waals surface area (Å²) in [6.07, 6.45) is 1.82. The molecule has 0 saturated carbocycles. The Morgan fingerprint density at radius 2 is 1.28 bits per heavy atom. The highest BCUT2D eigenvalue weighted by molar-refractivity contribution is 6.04. The largest absolute Gasteiger partial charge is 0.350 e. The molecule has 2 atom stereocenters. The van der Waals surface area contributed by atoms with Crippen LogP contribution in [0.5, 0.6) is 0 Å². The Labute approximate surface area is 269 Å². The van der Waals surface area contributed by atoms with E-state index in [1.807, 2.05) is 12.1 Å². The van der Waals surface area contributed by atoms with Crippen LogP contribution in [0, 0.1) is 0 Å². The second-order valence-electron chi connectivity index (χ2n) is 12.0. The van der Waals surface area contributed by atoms with Gasteiger partial charge in [-0.2, -0.15) is 0 Å². The van der Waals surface area contributed by atoms with Crippen LogP contribution in [0.2, 0.25) is 0 Å². The quantitative estimate of drug-likeness (QED) is 0.181. The van der Waals surface area contributed by atoms with E-state index in [2.05, 4.69) is 168 Å². The monoisotopic (exact) mass is 597 g/mol. The number of likely N-dealkylation sites (N-methyl/N-ethyl adjacent to an activating group) is 1. The SMILES string of the molecule is CN1CC(c2ccc(-c3ccc4ccccc4c3-c3ccc(C4NC(c5ccccc5)=NC(c5ccccc5)N4)cc3)cc2)=CN1. The first-order valence-corrected chi connectivity index (χ1v) is 15.8. The standard InChI is InChI=1S/C41H35N5/c1-46-27-35(26-42-46)28-16-18-30(19-17-28)37-25-24-29-10-8-9-15-36(29)38(37)31-20-22-34(23-21-31)41-44-39(32-11-4-2-5-12-32)43-40(45-41)33-13-6-3-7-14-33/h2-26,39,41-42,44H,27H2,1H3,(H,43,45). The molecule has 2 heterocycles. The van der Waals surface area contributed by atoms with Gasteiger partial charge in [-0.3, -0.25) is 5.32 Å². The number of hydrogen-bond donors (Lipinski definition) is 3. The van der Waals surface area contributed by atoms with Gasteiger partial charge in [0.1, 0.15) is 18.2 Å². The van der Waals surface area contributed by atoms with E-state index in [4.69, 9.17) is 4.99 Å². The van der Waals surface area contributed by atoms with Gasteiger partial charge < -0.3 is 10.7 Å². The summed E-state index contributed by atoms with van der Waals surface area (Å²) in [6, 6.07) is 51.9. The molecular weight excluding hydrogens is 562 g/mol. The Kier molecular flexibility index (Phi) is 7.39. The number of hydrazine groups is 1. The Morgan fingerprint density at radius 1 is 0.609 bits per heavy atom. The lowest BCUT2D eigenvalue weighted by Gasteiger charge is -2.32. The van der Waals surface area contributed by atoms with Crippen LogP contribution in [0.25, 0.3) is 38.6 Å². The van der Waals surface area contributed by atoms with Crippen molar-refractivity contribution < 1.29 is 0 Å². The molecule has 2 aliphatic heterocycles. The van der Waals surface area contributed by atoms with Crippen molar-refractivity contribution in [2.24, 2.45) is 4.99 Å². The summed E-state index contributed by atoms with van der Waals surface area (Å²) in [5.74, 6) is 0.887. The molecule has 5 nitrogen and oxygen atoms in total. The summed E-state index contributed by atoms with van der Waals surface area (Å²) < 4.78 is 0. The van der Waals surface area contributed by atoms with Crippen LogP contribution in [0.4, 0.5) is 0 Å². The zero-order chi connectivity index (χ0) is 30.9. The summed E-state index contributed by atoms with van der Waals surface area (Å²) in [5.41, 5.74) is 14.0. The molecule has 6 aromatic rings. The van der Waals surface area contributed by atoms with Gasteiger partial charge in [0, 0.05) is 25.4 Å². The maximum Gasteiger partial charge on any atom is 0.131 e. The molecule has 8 rings (SSSR count). The van der Waals surface area contributed by atoms with Gasteiger partial charge in [-0.05, 0) is 55.3 Å². The summed E-state index contributed by atoms with van der Waals surface area (Å²) in [6.45, 7) is 0.891. The molecule has 0 fully saturated rings. The maximum absolute atomic E-state index is 5.06. The van der Waals surface area contributed by atoms with E-state index < -0.39 is 0 Å². The first kappa shape index (κ1) is 28.0. The van der Waals surface area contributed by atoms with Crippen molar-refractivity contribution >= 4 is 22.2 Å². The van der Waals surface area contributed by atoms with E-state index in [-0.39, 0.29) is 12.3 Å². The van der Waals surface area contributed by atoms with Crippen LogP contribution in [-0.4, -0.2) is 24.4 Å². The molecule has 0 radical (unpaired) electrons. The molecule has 0 amide bonds. The molecule has 2 aliphatic rings. The highest BCUT2D eigenvalue weighted by Gasteiger charge is 2.25.